The maximum Gasteiger partial charge on any atom is 0.220 e. The van der Waals surface area contributed by atoms with Crippen molar-refractivity contribution < 1.29 is 9.90 Å². The quantitative estimate of drug-likeness (QED) is 0.524. The highest BCUT2D eigenvalue weighted by Gasteiger charge is 2.46. The Morgan fingerprint density at radius 2 is 2.36 bits per heavy atom. The predicted molar refractivity (Wildman–Crippen MR) is 40.0 cm³/mol. The molecule has 1 heterocycles. The van der Waals surface area contributed by atoms with Crippen LogP contribution in [0.5, 0.6) is 0 Å². The first kappa shape index (κ1) is 7.10. The van der Waals surface area contributed by atoms with Gasteiger partial charge in [-0.25, -0.2) is 0 Å². The molecule has 0 aromatic rings. The zero-order valence-electron chi connectivity index (χ0n) is 6.47. The number of aliphatic hydroxyl groups is 1. The average molecular weight is 155 g/mol. The third kappa shape index (κ3) is 0.948. The maximum absolute atomic E-state index is 10.9. The Balaban J connectivity index is 2.16. The molecular formula is C8H13NO2. The molecule has 0 radical (unpaired) electrons. The van der Waals surface area contributed by atoms with Gasteiger partial charge in [-0.3, -0.25) is 4.79 Å². The van der Waals surface area contributed by atoms with Crippen LogP contribution in [0.3, 0.4) is 0 Å². The van der Waals surface area contributed by atoms with E-state index in [1.54, 1.807) is 0 Å². The summed E-state index contributed by atoms with van der Waals surface area (Å²) in [4.78, 5) is 10.9. The van der Waals surface area contributed by atoms with Gasteiger partial charge in [0, 0.05) is 6.42 Å². The molecule has 1 amide bonds. The monoisotopic (exact) mass is 155 g/mol. The highest BCUT2D eigenvalue weighted by atomic mass is 16.3. The summed E-state index contributed by atoms with van der Waals surface area (Å²) in [6.07, 6.45) is 3.97. The number of rotatable bonds is 0. The van der Waals surface area contributed by atoms with Crippen LogP contribution in [0.15, 0.2) is 0 Å². The molecule has 2 atom stereocenters. The molecular weight excluding hydrogens is 142 g/mol. The third-order valence-electron chi connectivity index (χ3n) is 2.92. The van der Waals surface area contributed by atoms with Crippen LogP contribution in [0.1, 0.15) is 32.1 Å². The minimum absolute atomic E-state index is 0.103. The molecule has 1 saturated heterocycles. The van der Waals surface area contributed by atoms with Crippen molar-refractivity contribution in [3.63, 3.8) is 0 Å². The Kier molecular flexibility index (Phi) is 1.42. The average Bonchev–Trinajstić information content (AvgIpc) is 2.46. The summed E-state index contributed by atoms with van der Waals surface area (Å²) in [5.41, 5.74) is -0.225. The number of nitrogens with one attached hydrogen (secondary N) is 1. The highest BCUT2D eigenvalue weighted by molar-refractivity contribution is 5.79. The lowest BCUT2D eigenvalue weighted by atomic mass is 9.93. The summed E-state index contributed by atoms with van der Waals surface area (Å²) in [6, 6.07) is 0. The van der Waals surface area contributed by atoms with E-state index in [0.29, 0.717) is 6.42 Å². The number of carbonyl (C=O) groups is 1. The smallest absolute Gasteiger partial charge is 0.220 e. The van der Waals surface area contributed by atoms with E-state index in [-0.39, 0.29) is 17.6 Å². The van der Waals surface area contributed by atoms with Crippen molar-refractivity contribution in [2.24, 2.45) is 0 Å². The highest BCUT2D eigenvalue weighted by Crippen LogP contribution is 2.36. The Morgan fingerprint density at radius 3 is 2.82 bits per heavy atom. The molecule has 2 fully saturated rings. The van der Waals surface area contributed by atoms with Crippen LogP contribution in [-0.2, 0) is 4.79 Å². The first-order valence-corrected chi connectivity index (χ1v) is 4.22. The van der Waals surface area contributed by atoms with Gasteiger partial charge >= 0.3 is 0 Å². The van der Waals surface area contributed by atoms with Gasteiger partial charge < -0.3 is 10.4 Å². The zero-order valence-corrected chi connectivity index (χ0v) is 6.47. The number of hydrogen-bond acceptors (Lipinski definition) is 2. The van der Waals surface area contributed by atoms with Gasteiger partial charge in [0.25, 0.3) is 0 Å². The standard InChI is InChI=1S/C8H13NO2/c10-6-2-1-4-8(6)5-3-7(11)9-8/h6,10H,1-5H2,(H,9,11). The van der Waals surface area contributed by atoms with E-state index in [4.69, 9.17) is 0 Å². The summed E-state index contributed by atoms with van der Waals surface area (Å²) in [6.45, 7) is 0. The first-order valence-electron chi connectivity index (χ1n) is 4.22. The summed E-state index contributed by atoms with van der Waals surface area (Å²) in [7, 11) is 0. The molecule has 3 heteroatoms. The number of aliphatic hydroxyl groups excluding tert-OH is 1. The Labute approximate surface area is 65.8 Å². The van der Waals surface area contributed by atoms with Gasteiger partial charge in [-0.05, 0) is 25.7 Å². The van der Waals surface area contributed by atoms with Crippen molar-refractivity contribution >= 4 is 5.91 Å². The maximum atomic E-state index is 10.9. The lowest BCUT2D eigenvalue weighted by Gasteiger charge is -2.26. The lowest BCUT2D eigenvalue weighted by molar-refractivity contribution is -0.120. The Hall–Kier alpha value is -0.570. The topological polar surface area (TPSA) is 49.3 Å². The van der Waals surface area contributed by atoms with E-state index in [1.807, 2.05) is 0 Å². The van der Waals surface area contributed by atoms with Crippen LogP contribution >= 0.6 is 0 Å². The Morgan fingerprint density at radius 1 is 1.55 bits per heavy atom. The van der Waals surface area contributed by atoms with Gasteiger partial charge in [0.1, 0.15) is 0 Å². The Bertz CT molecular complexity index is 193. The van der Waals surface area contributed by atoms with Gasteiger partial charge in [-0.2, -0.15) is 0 Å². The molecule has 2 N–H and O–H groups in total. The van der Waals surface area contributed by atoms with Gasteiger partial charge in [0.2, 0.25) is 5.91 Å². The number of hydrogen-bond donors (Lipinski definition) is 2. The number of carbonyl (C=O) groups excluding carboxylic acids is 1. The van der Waals surface area contributed by atoms with Crippen molar-refractivity contribution in [2.45, 2.75) is 43.7 Å². The summed E-state index contributed by atoms with van der Waals surface area (Å²) in [5, 5.41) is 12.5. The number of amides is 1. The molecule has 2 rings (SSSR count). The van der Waals surface area contributed by atoms with Crippen molar-refractivity contribution in [2.75, 3.05) is 0 Å². The molecule has 1 saturated carbocycles. The van der Waals surface area contributed by atoms with Crippen LogP contribution in [-0.4, -0.2) is 22.7 Å². The minimum atomic E-state index is -0.297. The largest absolute Gasteiger partial charge is 0.391 e. The van der Waals surface area contributed by atoms with E-state index in [1.165, 1.54) is 0 Å². The van der Waals surface area contributed by atoms with Crippen molar-refractivity contribution in [3.05, 3.63) is 0 Å². The summed E-state index contributed by atoms with van der Waals surface area (Å²) < 4.78 is 0. The predicted octanol–water partition coefficient (Wildman–Crippen LogP) is 0.180. The second-order valence-electron chi connectivity index (χ2n) is 3.61. The molecule has 3 nitrogen and oxygen atoms in total. The van der Waals surface area contributed by atoms with Crippen LogP contribution < -0.4 is 5.32 Å². The fourth-order valence-electron chi connectivity index (χ4n) is 2.23. The lowest BCUT2D eigenvalue weighted by Crippen LogP contribution is -2.47. The normalized spacial score (nSPS) is 43.4. The molecule has 0 aromatic heterocycles. The van der Waals surface area contributed by atoms with Crippen LogP contribution in [0.4, 0.5) is 0 Å². The zero-order chi connectivity index (χ0) is 7.90. The van der Waals surface area contributed by atoms with E-state index in [9.17, 15) is 9.90 Å². The first-order chi connectivity index (χ1) is 5.23. The second-order valence-corrected chi connectivity index (χ2v) is 3.61. The third-order valence-corrected chi connectivity index (χ3v) is 2.92. The summed E-state index contributed by atoms with van der Waals surface area (Å²) >= 11 is 0. The van der Waals surface area contributed by atoms with Gasteiger partial charge in [0.05, 0.1) is 11.6 Å². The van der Waals surface area contributed by atoms with E-state index >= 15 is 0 Å². The molecule has 1 spiro atoms. The van der Waals surface area contributed by atoms with Crippen LogP contribution in [0, 0.1) is 0 Å². The molecule has 11 heavy (non-hydrogen) atoms. The van der Waals surface area contributed by atoms with Crippen molar-refractivity contribution in [3.8, 4) is 0 Å². The SMILES string of the molecule is O=C1CCC2(CCCC2O)N1. The molecule has 0 aromatic carbocycles. The van der Waals surface area contributed by atoms with Crippen molar-refractivity contribution in [1.82, 2.24) is 5.32 Å². The van der Waals surface area contributed by atoms with Crippen LogP contribution in [0.2, 0.25) is 0 Å². The molecule has 1 aliphatic heterocycles. The van der Waals surface area contributed by atoms with Crippen LogP contribution in [0.25, 0.3) is 0 Å². The molecule has 62 valence electrons. The fraction of sp³-hybridized carbons (Fsp3) is 0.875. The molecule has 2 unspecified atom stereocenters. The van der Waals surface area contributed by atoms with Gasteiger partial charge in [0.15, 0.2) is 0 Å². The van der Waals surface area contributed by atoms with Gasteiger partial charge in [-0.1, -0.05) is 0 Å². The van der Waals surface area contributed by atoms with Crippen molar-refractivity contribution in [1.29, 1.82) is 0 Å². The van der Waals surface area contributed by atoms with E-state index in [0.717, 1.165) is 25.7 Å². The minimum Gasteiger partial charge on any atom is -0.391 e. The molecule has 1 aliphatic carbocycles. The van der Waals surface area contributed by atoms with E-state index < -0.39 is 0 Å². The second kappa shape index (κ2) is 2.21. The van der Waals surface area contributed by atoms with E-state index in [2.05, 4.69) is 5.32 Å². The fourth-order valence-corrected chi connectivity index (χ4v) is 2.23. The molecule has 2 aliphatic rings. The molecule has 0 bridgehead atoms. The summed E-state index contributed by atoms with van der Waals surface area (Å²) in [5.74, 6) is 0.103. The van der Waals surface area contributed by atoms with Gasteiger partial charge in [-0.15, -0.1) is 0 Å².